The summed E-state index contributed by atoms with van der Waals surface area (Å²) in [5, 5.41) is 1.30. The van der Waals surface area contributed by atoms with Crippen molar-refractivity contribution in [3.63, 3.8) is 0 Å². The van der Waals surface area contributed by atoms with E-state index in [4.69, 9.17) is 0 Å². The highest BCUT2D eigenvalue weighted by atomic mass is 14.7. The largest absolute Gasteiger partial charge is 0.358 e. The van der Waals surface area contributed by atoms with E-state index >= 15 is 0 Å². The van der Waals surface area contributed by atoms with Crippen LogP contribution in [0.1, 0.15) is 25.5 Å². The molecule has 0 aliphatic rings. The molecule has 0 bridgehead atoms. The predicted octanol–water partition coefficient (Wildman–Crippen LogP) is 3.31. The molecule has 0 unspecified atom stereocenters. The van der Waals surface area contributed by atoms with Crippen LogP contribution in [0.5, 0.6) is 0 Å². The fourth-order valence-electron chi connectivity index (χ4n) is 1.58. The van der Waals surface area contributed by atoms with Gasteiger partial charge in [0.1, 0.15) is 0 Å². The first-order valence-electron chi connectivity index (χ1n) is 4.88. The van der Waals surface area contributed by atoms with Gasteiger partial charge in [0, 0.05) is 11.2 Å². The summed E-state index contributed by atoms with van der Waals surface area (Å²) in [7, 11) is 0. The van der Waals surface area contributed by atoms with Gasteiger partial charge < -0.3 is 4.98 Å². The minimum Gasteiger partial charge on any atom is -0.358 e. The molecular formula is C12H14N. The second-order valence-corrected chi connectivity index (χ2v) is 3.41. The van der Waals surface area contributed by atoms with Gasteiger partial charge in [0.2, 0.25) is 0 Å². The molecule has 0 atom stereocenters. The highest BCUT2D eigenvalue weighted by Gasteiger charge is 1.98. The standard InChI is InChI=1S/C12H14N/c1-2-3-7-11-9-10-6-4-5-8-12(10)13-11/h4,6,8-9,13H,2-3,7H2,1H3. The average Bonchev–Trinajstić information content (AvgIpc) is 2.57. The third kappa shape index (κ3) is 1.74. The van der Waals surface area contributed by atoms with Crippen LogP contribution in [-0.4, -0.2) is 4.98 Å². The number of hydrogen-bond donors (Lipinski definition) is 1. The molecule has 1 N–H and O–H groups in total. The van der Waals surface area contributed by atoms with Crippen molar-refractivity contribution >= 4 is 10.9 Å². The summed E-state index contributed by atoms with van der Waals surface area (Å²) in [6.07, 6.45) is 3.67. The van der Waals surface area contributed by atoms with Crippen molar-refractivity contribution in [2.75, 3.05) is 0 Å². The van der Waals surface area contributed by atoms with Crippen LogP contribution in [0.25, 0.3) is 10.9 Å². The molecule has 0 amide bonds. The Morgan fingerprint density at radius 3 is 3.15 bits per heavy atom. The van der Waals surface area contributed by atoms with Crippen molar-refractivity contribution in [3.05, 3.63) is 36.0 Å². The number of benzene rings is 1. The van der Waals surface area contributed by atoms with E-state index in [1.807, 2.05) is 12.1 Å². The zero-order valence-corrected chi connectivity index (χ0v) is 7.93. The normalized spacial score (nSPS) is 10.8. The van der Waals surface area contributed by atoms with Gasteiger partial charge in [-0.1, -0.05) is 25.5 Å². The first-order valence-corrected chi connectivity index (χ1v) is 4.88. The van der Waals surface area contributed by atoms with E-state index in [-0.39, 0.29) is 0 Å². The molecule has 2 rings (SSSR count). The van der Waals surface area contributed by atoms with Crippen LogP contribution in [0.15, 0.2) is 24.3 Å². The number of aromatic amines is 1. The van der Waals surface area contributed by atoms with Crippen LogP contribution >= 0.6 is 0 Å². The van der Waals surface area contributed by atoms with Gasteiger partial charge in [-0.15, -0.1) is 0 Å². The fraction of sp³-hybridized carbons (Fsp3) is 0.333. The summed E-state index contributed by atoms with van der Waals surface area (Å²) in [5.74, 6) is 0. The van der Waals surface area contributed by atoms with Crippen LogP contribution in [0.4, 0.5) is 0 Å². The summed E-state index contributed by atoms with van der Waals surface area (Å²) in [6, 6.07) is 11.4. The van der Waals surface area contributed by atoms with Gasteiger partial charge in [0.25, 0.3) is 0 Å². The van der Waals surface area contributed by atoms with Crippen molar-refractivity contribution in [1.82, 2.24) is 4.98 Å². The molecule has 67 valence electrons. The van der Waals surface area contributed by atoms with Crippen LogP contribution in [0, 0.1) is 6.07 Å². The smallest absolute Gasteiger partial charge is 0.0462 e. The molecule has 0 saturated heterocycles. The Kier molecular flexibility index (Phi) is 2.35. The lowest BCUT2D eigenvalue weighted by molar-refractivity contribution is 0.782. The Labute approximate surface area is 78.8 Å². The fourth-order valence-corrected chi connectivity index (χ4v) is 1.58. The molecule has 1 aromatic heterocycles. The van der Waals surface area contributed by atoms with Crippen molar-refractivity contribution in [1.29, 1.82) is 0 Å². The number of aromatic nitrogens is 1. The van der Waals surface area contributed by atoms with E-state index in [9.17, 15) is 0 Å². The van der Waals surface area contributed by atoms with E-state index in [1.54, 1.807) is 0 Å². The second kappa shape index (κ2) is 3.65. The van der Waals surface area contributed by atoms with Gasteiger partial charge in [-0.05, 0) is 36.4 Å². The van der Waals surface area contributed by atoms with Gasteiger partial charge >= 0.3 is 0 Å². The third-order valence-electron chi connectivity index (χ3n) is 2.32. The Bertz CT molecular complexity index is 354. The highest BCUT2D eigenvalue weighted by Crippen LogP contribution is 2.15. The number of H-pyrrole nitrogens is 1. The minimum absolute atomic E-state index is 1.16. The molecule has 0 fully saturated rings. The molecule has 2 aromatic rings. The molecular weight excluding hydrogens is 158 g/mol. The molecule has 1 radical (unpaired) electrons. The SMILES string of the molecule is CCCCc1cc2cc[c]cc2[nH]1. The summed E-state index contributed by atoms with van der Waals surface area (Å²) >= 11 is 0. The molecule has 1 heterocycles. The summed E-state index contributed by atoms with van der Waals surface area (Å²) in [4.78, 5) is 3.40. The van der Waals surface area contributed by atoms with Gasteiger partial charge in [0.15, 0.2) is 0 Å². The number of hydrogen-bond acceptors (Lipinski definition) is 0. The van der Waals surface area contributed by atoms with Crippen LogP contribution < -0.4 is 0 Å². The van der Waals surface area contributed by atoms with Crippen LogP contribution in [-0.2, 0) is 6.42 Å². The van der Waals surface area contributed by atoms with E-state index in [0.29, 0.717) is 0 Å². The number of unbranched alkanes of at least 4 members (excludes halogenated alkanes) is 1. The number of fused-ring (bicyclic) bond motifs is 1. The van der Waals surface area contributed by atoms with E-state index in [2.05, 4.69) is 30.1 Å². The van der Waals surface area contributed by atoms with Crippen molar-refractivity contribution in [3.8, 4) is 0 Å². The first kappa shape index (κ1) is 8.36. The van der Waals surface area contributed by atoms with Crippen molar-refractivity contribution < 1.29 is 0 Å². The Balaban J connectivity index is 2.28. The van der Waals surface area contributed by atoms with Crippen LogP contribution in [0.2, 0.25) is 0 Å². The maximum atomic E-state index is 3.40. The Hall–Kier alpha value is -1.24. The maximum Gasteiger partial charge on any atom is 0.0462 e. The lowest BCUT2D eigenvalue weighted by Gasteiger charge is -1.92. The maximum absolute atomic E-state index is 3.40. The molecule has 0 aliphatic heterocycles. The summed E-state index contributed by atoms with van der Waals surface area (Å²) in [5.41, 5.74) is 2.55. The Morgan fingerprint density at radius 2 is 2.38 bits per heavy atom. The minimum atomic E-state index is 1.16. The van der Waals surface area contributed by atoms with E-state index < -0.39 is 0 Å². The Morgan fingerprint density at radius 1 is 1.46 bits per heavy atom. The molecule has 0 saturated carbocycles. The van der Waals surface area contributed by atoms with Crippen LogP contribution in [0.3, 0.4) is 0 Å². The van der Waals surface area contributed by atoms with Crippen molar-refractivity contribution in [2.24, 2.45) is 0 Å². The molecule has 0 spiro atoms. The molecule has 1 nitrogen and oxygen atoms in total. The first-order chi connectivity index (χ1) is 6.40. The van der Waals surface area contributed by atoms with E-state index in [1.165, 1.54) is 29.4 Å². The lowest BCUT2D eigenvalue weighted by atomic mass is 10.2. The summed E-state index contributed by atoms with van der Waals surface area (Å²) < 4.78 is 0. The van der Waals surface area contributed by atoms with Gasteiger partial charge in [-0.3, -0.25) is 0 Å². The molecule has 13 heavy (non-hydrogen) atoms. The van der Waals surface area contributed by atoms with Gasteiger partial charge in [0.05, 0.1) is 0 Å². The molecule has 1 aromatic carbocycles. The molecule has 1 heteroatoms. The predicted molar refractivity (Wildman–Crippen MR) is 55.7 cm³/mol. The quantitative estimate of drug-likeness (QED) is 0.731. The zero-order valence-electron chi connectivity index (χ0n) is 7.93. The topological polar surface area (TPSA) is 15.8 Å². The summed E-state index contributed by atoms with van der Waals surface area (Å²) in [6.45, 7) is 2.22. The second-order valence-electron chi connectivity index (χ2n) is 3.41. The lowest BCUT2D eigenvalue weighted by Crippen LogP contribution is -1.82. The van der Waals surface area contributed by atoms with Gasteiger partial charge in [-0.2, -0.15) is 0 Å². The average molecular weight is 172 g/mol. The molecule has 0 aliphatic carbocycles. The van der Waals surface area contributed by atoms with E-state index in [0.717, 1.165) is 6.42 Å². The highest BCUT2D eigenvalue weighted by molar-refractivity contribution is 5.79. The van der Waals surface area contributed by atoms with Crippen molar-refractivity contribution in [2.45, 2.75) is 26.2 Å². The monoisotopic (exact) mass is 172 g/mol. The third-order valence-corrected chi connectivity index (χ3v) is 2.32. The number of rotatable bonds is 3. The van der Waals surface area contributed by atoms with Gasteiger partial charge in [-0.25, -0.2) is 0 Å². The number of aryl methyl sites for hydroxylation is 1. The number of nitrogens with one attached hydrogen (secondary N) is 1. The zero-order chi connectivity index (χ0) is 9.10.